The molecule has 0 radical (unpaired) electrons. The van der Waals surface area contributed by atoms with Crippen LogP contribution in [0.3, 0.4) is 0 Å². The molecule has 2 aliphatic rings. The number of allylic oxidation sites excluding steroid dienone is 1. The molecule has 2 heterocycles. The molecule has 0 bridgehead atoms. The molecule has 0 aliphatic carbocycles. The van der Waals surface area contributed by atoms with Gasteiger partial charge in [-0.25, -0.2) is 0 Å². The van der Waals surface area contributed by atoms with Crippen molar-refractivity contribution in [2.75, 3.05) is 13.1 Å². The standard InChI is InChI=1S/C18H24N2O/c1-18(2)12-14-5-3-4-6-15(14)16(20-18)11-17(21)13-7-9-19-10-8-13/h3-6,11,13,19-20H,7-10,12H2,1-2H3/b16-11-. The third kappa shape index (κ3) is 3.18. The molecule has 0 unspecified atom stereocenters. The average molecular weight is 284 g/mol. The van der Waals surface area contributed by atoms with E-state index in [4.69, 9.17) is 0 Å². The molecular formula is C18H24N2O. The summed E-state index contributed by atoms with van der Waals surface area (Å²) in [6.45, 7) is 6.28. The second-order valence-corrected chi connectivity index (χ2v) is 6.83. The topological polar surface area (TPSA) is 41.1 Å². The highest BCUT2D eigenvalue weighted by Crippen LogP contribution is 2.30. The molecule has 21 heavy (non-hydrogen) atoms. The van der Waals surface area contributed by atoms with Crippen LogP contribution in [0.4, 0.5) is 0 Å². The maximum absolute atomic E-state index is 12.5. The summed E-state index contributed by atoms with van der Waals surface area (Å²) in [5.41, 5.74) is 3.49. The van der Waals surface area contributed by atoms with Crippen LogP contribution in [0.5, 0.6) is 0 Å². The molecule has 0 atom stereocenters. The fraction of sp³-hybridized carbons (Fsp3) is 0.500. The lowest BCUT2D eigenvalue weighted by Crippen LogP contribution is -2.44. The normalized spacial score (nSPS) is 23.4. The van der Waals surface area contributed by atoms with Crippen molar-refractivity contribution in [3.63, 3.8) is 0 Å². The molecule has 1 fully saturated rings. The van der Waals surface area contributed by atoms with Crippen molar-refractivity contribution in [2.45, 2.75) is 38.6 Å². The van der Waals surface area contributed by atoms with E-state index in [9.17, 15) is 4.79 Å². The molecule has 1 aromatic rings. The van der Waals surface area contributed by atoms with Crippen LogP contribution in [0.2, 0.25) is 0 Å². The van der Waals surface area contributed by atoms with Gasteiger partial charge < -0.3 is 10.6 Å². The Balaban J connectivity index is 1.89. The number of ketones is 1. The Morgan fingerprint density at radius 3 is 2.71 bits per heavy atom. The number of nitrogens with one attached hydrogen (secondary N) is 2. The first-order valence-corrected chi connectivity index (χ1v) is 7.88. The van der Waals surface area contributed by atoms with Gasteiger partial charge in [-0.2, -0.15) is 0 Å². The minimum atomic E-state index is -0.00537. The molecular weight excluding hydrogens is 260 g/mol. The van der Waals surface area contributed by atoms with Crippen molar-refractivity contribution in [3.8, 4) is 0 Å². The van der Waals surface area contributed by atoms with E-state index in [2.05, 4.69) is 42.7 Å². The van der Waals surface area contributed by atoms with Crippen LogP contribution in [0, 0.1) is 5.92 Å². The summed E-state index contributed by atoms with van der Waals surface area (Å²) in [6.07, 6.45) is 4.74. The molecule has 2 N–H and O–H groups in total. The zero-order chi connectivity index (χ0) is 14.9. The molecule has 0 aromatic heterocycles. The fourth-order valence-electron chi connectivity index (χ4n) is 3.37. The SMILES string of the molecule is CC1(C)Cc2ccccc2/C(=C/C(=O)C2CCNCC2)N1. The fourth-order valence-corrected chi connectivity index (χ4v) is 3.37. The van der Waals surface area contributed by atoms with Crippen LogP contribution in [0.25, 0.3) is 5.70 Å². The molecule has 112 valence electrons. The zero-order valence-corrected chi connectivity index (χ0v) is 12.9. The molecule has 2 aliphatic heterocycles. The van der Waals surface area contributed by atoms with Crippen LogP contribution >= 0.6 is 0 Å². The Morgan fingerprint density at radius 1 is 1.24 bits per heavy atom. The van der Waals surface area contributed by atoms with E-state index in [0.29, 0.717) is 0 Å². The lowest BCUT2D eigenvalue weighted by molar-refractivity contribution is -0.118. The zero-order valence-electron chi connectivity index (χ0n) is 12.9. The van der Waals surface area contributed by atoms with Crippen molar-refractivity contribution in [1.29, 1.82) is 0 Å². The van der Waals surface area contributed by atoms with Gasteiger partial charge in [0.15, 0.2) is 5.78 Å². The van der Waals surface area contributed by atoms with E-state index >= 15 is 0 Å². The van der Waals surface area contributed by atoms with Crippen molar-refractivity contribution in [3.05, 3.63) is 41.5 Å². The summed E-state index contributed by atoms with van der Waals surface area (Å²) in [5.74, 6) is 0.448. The largest absolute Gasteiger partial charge is 0.379 e. The van der Waals surface area contributed by atoms with E-state index in [1.165, 1.54) is 11.1 Å². The van der Waals surface area contributed by atoms with Gasteiger partial charge in [0.25, 0.3) is 0 Å². The smallest absolute Gasteiger partial charge is 0.160 e. The highest BCUT2D eigenvalue weighted by molar-refractivity contribution is 5.98. The van der Waals surface area contributed by atoms with Gasteiger partial charge in [-0.3, -0.25) is 4.79 Å². The molecule has 0 amide bonds. The second-order valence-electron chi connectivity index (χ2n) is 6.83. The first-order chi connectivity index (χ1) is 10.1. The van der Waals surface area contributed by atoms with Gasteiger partial charge in [-0.15, -0.1) is 0 Å². The van der Waals surface area contributed by atoms with Gasteiger partial charge >= 0.3 is 0 Å². The molecule has 3 rings (SSSR count). The van der Waals surface area contributed by atoms with E-state index < -0.39 is 0 Å². The highest BCUT2D eigenvalue weighted by atomic mass is 16.1. The summed E-state index contributed by atoms with van der Waals surface area (Å²) in [5, 5.41) is 6.86. The number of carbonyl (C=O) groups excluding carboxylic acids is 1. The van der Waals surface area contributed by atoms with Crippen molar-refractivity contribution < 1.29 is 4.79 Å². The van der Waals surface area contributed by atoms with E-state index in [0.717, 1.165) is 38.0 Å². The quantitative estimate of drug-likeness (QED) is 0.820. The van der Waals surface area contributed by atoms with Gasteiger partial charge in [0, 0.05) is 28.8 Å². The van der Waals surface area contributed by atoms with Crippen LogP contribution in [0.1, 0.15) is 37.8 Å². The van der Waals surface area contributed by atoms with Gasteiger partial charge in [-0.05, 0) is 51.8 Å². The molecule has 3 heteroatoms. The van der Waals surface area contributed by atoms with Crippen LogP contribution in [-0.2, 0) is 11.2 Å². The molecule has 1 aromatic carbocycles. The van der Waals surface area contributed by atoms with Crippen LogP contribution < -0.4 is 10.6 Å². The van der Waals surface area contributed by atoms with Crippen molar-refractivity contribution in [1.82, 2.24) is 10.6 Å². The molecule has 0 spiro atoms. The monoisotopic (exact) mass is 284 g/mol. The van der Waals surface area contributed by atoms with E-state index in [1.807, 2.05) is 12.1 Å². The number of rotatable bonds is 2. The number of benzene rings is 1. The minimum Gasteiger partial charge on any atom is -0.379 e. The summed E-state index contributed by atoms with van der Waals surface area (Å²) < 4.78 is 0. The predicted octanol–water partition coefficient (Wildman–Crippen LogP) is 2.52. The molecule has 3 nitrogen and oxygen atoms in total. The maximum atomic E-state index is 12.5. The van der Waals surface area contributed by atoms with E-state index in [1.54, 1.807) is 0 Å². The van der Waals surface area contributed by atoms with Crippen molar-refractivity contribution >= 4 is 11.5 Å². The first kappa shape index (κ1) is 14.3. The Morgan fingerprint density at radius 2 is 1.95 bits per heavy atom. The Labute approximate surface area is 126 Å². The van der Waals surface area contributed by atoms with Crippen LogP contribution in [0.15, 0.2) is 30.3 Å². The third-order valence-electron chi connectivity index (χ3n) is 4.44. The Bertz CT molecular complexity index is 568. The summed E-state index contributed by atoms with van der Waals surface area (Å²) >= 11 is 0. The van der Waals surface area contributed by atoms with Gasteiger partial charge in [0.05, 0.1) is 0 Å². The van der Waals surface area contributed by atoms with Gasteiger partial charge in [0.1, 0.15) is 0 Å². The third-order valence-corrected chi connectivity index (χ3v) is 4.44. The molecule has 0 saturated carbocycles. The number of carbonyl (C=O) groups is 1. The maximum Gasteiger partial charge on any atom is 0.160 e. The Kier molecular flexibility index (Phi) is 3.85. The summed E-state index contributed by atoms with van der Waals surface area (Å²) in [7, 11) is 0. The number of fused-ring (bicyclic) bond motifs is 1. The highest BCUT2D eigenvalue weighted by Gasteiger charge is 2.28. The van der Waals surface area contributed by atoms with Crippen LogP contribution in [-0.4, -0.2) is 24.4 Å². The minimum absolute atomic E-state index is 0.00537. The van der Waals surface area contributed by atoms with E-state index in [-0.39, 0.29) is 17.2 Å². The first-order valence-electron chi connectivity index (χ1n) is 7.88. The lowest BCUT2D eigenvalue weighted by atomic mass is 9.84. The predicted molar refractivity (Wildman–Crippen MR) is 85.9 cm³/mol. The second kappa shape index (κ2) is 5.64. The molecule has 1 saturated heterocycles. The number of hydrogen-bond donors (Lipinski definition) is 2. The summed E-state index contributed by atoms with van der Waals surface area (Å²) in [6, 6.07) is 8.40. The average Bonchev–Trinajstić information content (AvgIpc) is 2.47. The Hall–Kier alpha value is -1.61. The summed E-state index contributed by atoms with van der Waals surface area (Å²) in [4.78, 5) is 12.5. The number of piperidine rings is 1. The lowest BCUT2D eigenvalue weighted by Gasteiger charge is -2.35. The van der Waals surface area contributed by atoms with Gasteiger partial charge in [0.2, 0.25) is 0 Å². The van der Waals surface area contributed by atoms with Crippen molar-refractivity contribution in [2.24, 2.45) is 5.92 Å². The number of hydrogen-bond acceptors (Lipinski definition) is 3. The van der Waals surface area contributed by atoms with Gasteiger partial charge in [-0.1, -0.05) is 24.3 Å².